The molecule has 0 spiro atoms. The van der Waals surface area contributed by atoms with Crippen LogP contribution in [0.1, 0.15) is 11.1 Å². The zero-order valence-electron chi connectivity index (χ0n) is 13.3. The van der Waals surface area contributed by atoms with Crippen LogP contribution in [0.2, 0.25) is 5.02 Å². The minimum Gasteiger partial charge on any atom is -0.482 e. The minimum absolute atomic E-state index is 0.0864. The third-order valence-electron chi connectivity index (χ3n) is 4.01. The molecule has 1 aliphatic heterocycles. The highest BCUT2D eigenvalue weighted by Gasteiger charge is 2.28. The topological polar surface area (TPSA) is 89.7 Å². The lowest BCUT2D eigenvalue weighted by atomic mass is 10.0. The molecule has 0 atom stereocenters. The fourth-order valence-electron chi connectivity index (χ4n) is 2.73. The lowest BCUT2D eigenvalue weighted by Gasteiger charge is -2.28. The predicted octanol–water partition coefficient (Wildman–Crippen LogP) is 1.95. The number of sulfonamides is 1. The number of hydrogen-bond acceptors (Lipinski definition) is 4. The molecule has 0 saturated carbocycles. The highest BCUT2D eigenvalue weighted by molar-refractivity contribution is 7.89. The van der Waals surface area contributed by atoms with E-state index in [2.05, 4.69) is 0 Å². The zero-order chi connectivity index (χ0) is 18.0. The van der Waals surface area contributed by atoms with Gasteiger partial charge in [0, 0.05) is 13.1 Å². The predicted molar refractivity (Wildman–Crippen MR) is 93.9 cm³/mol. The molecule has 0 unspecified atom stereocenters. The number of fused-ring (bicyclic) bond motifs is 1. The normalized spacial score (nSPS) is 14.8. The molecular weight excluding hydrogens is 364 g/mol. The molecule has 2 aromatic rings. The number of halogens is 1. The smallest absolute Gasteiger partial charge is 0.255 e. The van der Waals surface area contributed by atoms with Crippen molar-refractivity contribution in [2.75, 3.05) is 13.2 Å². The lowest BCUT2D eigenvalue weighted by molar-refractivity contribution is -0.119. The van der Waals surface area contributed by atoms with E-state index in [0.717, 1.165) is 5.56 Å². The maximum absolute atomic E-state index is 12.9. The molecule has 0 fully saturated rings. The van der Waals surface area contributed by atoms with Crippen molar-refractivity contribution in [3.63, 3.8) is 0 Å². The number of hydrogen-bond donors (Lipinski definition) is 1. The molecule has 0 aromatic heterocycles. The first-order valence-electron chi connectivity index (χ1n) is 7.65. The van der Waals surface area contributed by atoms with Gasteiger partial charge in [-0.05, 0) is 35.7 Å². The number of primary amides is 1. The Balaban J connectivity index is 1.83. The summed E-state index contributed by atoms with van der Waals surface area (Å²) in [5, 5.41) is 0.111. The number of carbonyl (C=O) groups is 1. The largest absolute Gasteiger partial charge is 0.482 e. The number of carbonyl (C=O) groups excluding carboxylic acids is 1. The monoisotopic (exact) mass is 380 g/mol. The van der Waals surface area contributed by atoms with Crippen LogP contribution in [0, 0.1) is 0 Å². The van der Waals surface area contributed by atoms with Gasteiger partial charge in [-0.1, -0.05) is 35.9 Å². The van der Waals surface area contributed by atoms with Crippen molar-refractivity contribution in [2.24, 2.45) is 5.73 Å². The summed E-state index contributed by atoms with van der Waals surface area (Å²) in [5.41, 5.74) is 7.19. The minimum atomic E-state index is -3.67. The first-order valence-corrected chi connectivity index (χ1v) is 9.47. The summed E-state index contributed by atoms with van der Waals surface area (Å²) in [6.07, 6.45) is 0.670. The van der Waals surface area contributed by atoms with Gasteiger partial charge in [-0.25, -0.2) is 8.42 Å². The summed E-state index contributed by atoms with van der Waals surface area (Å²) < 4.78 is 32.3. The molecule has 0 aliphatic carbocycles. The summed E-state index contributed by atoms with van der Waals surface area (Å²) in [6.45, 7) is 0.418. The molecule has 2 aromatic carbocycles. The molecule has 132 valence electrons. The van der Waals surface area contributed by atoms with Crippen LogP contribution >= 0.6 is 11.6 Å². The van der Waals surface area contributed by atoms with E-state index in [-0.39, 0.29) is 22.3 Å². The maximum Gasteiger partial charge on any atom is 0.255 e. The van der Waals surface area contributed by atoms with E-state index in [4.69, 9.17) is 22.1 Å². The van der Waals surface area contributed by atoms with Crippen molar-refractivity contribution < 1.29 is 17.9 Å². The van der Waals surface area contributed by atoms with Crippen LogP contribution in [0.15, 0.2) is 47.4 Å². The van der Waals surface area contributed by atoms with E-state index in [1.54, 1.807) is 0 Å². The van der Waals surface area contributed by atoms with Crippen molar-refractivity contribution in [2.45, 2.75) is 17.9 Å². The Hall–Kier alpha value is -2.09. The SMILES string of the molecule is NC(=O)COc1ccc(S(=O)(=O)N2CCc3ccccc3C2)cc1Cl. The number of nitrogens with zero attached hydrogens (tertiary/aromatic N) is 1. The van der Waals surface area contributed by atoms with Crippen LogP contribution < -0.4 is 10.5 Å². The molecule has 1 amide bonds. The van der Waals surface area contributed by atoms with Gasteiger partial charge in [0.2, 0.25) is 10.0 Å². The first-order chi connectivity index (χ1) is 11.9. The molecule has 2 N–H and O–H groups in total. The van der Waals surface area contributed by atoms with Gasteiger partial charge in [0.05, 0.1) is 9.92 Å². The van der Waals surface area contributed by atoms with Gasteiger partial charge in [0.25, 0.3) is 5.91 Å². The summed E-state index contributed by atoms with van der Waals surface area (Å²) in [5.74, 6) is -0.428. The summed E-state index contributed by atoms with van der Waals surface area (Å²) in [4.78, 5) is 10.9. The summed E-state index contributed by atoms with van der Waals surface area (Å²) in [7, 11) is -3.67. The molecule has 1 heterocycles. The molecule has 3 rings (SSSR count). The molecule has 25 heavy (non-hydrogen) atoms. The Bertz CT molecular complexity index is 915. The average Bonchev–Trinajstić information content (AvgIpc) is 2.60. The second kappa shape index (κ2) is 7.03. The molecule has 8 heteroatoms. The second-order valence-electron chi connectivity index (χ2n) is 5.70. The van der Waals surface area contributed by atoms with Crippen molar-refractivity contribution in [3.05, 3.63) is 58.6 Å². The zero-order valence-corrected chi connectivity index (χ0v) is 14.9. The van der Waals surface area contributed by atoms with Crippen LogP contribution in [0.3, 0.4) is 0 Å². The molecule has 6 nitrogen and oxygen atoms in total. The van der Waals surface area contributed by atoms with Crippen molar-refractivity contribution in [1.29, 1.82) is 0 Å². The van der Waals surface area contributed by atoms with Gasteiger partial charge >= 0.3 is 0 Å². The number of ether oxygens (including phenoxy) is 1. The number of nitrogens with two attached hydrogens (primary N) is 1. The van der Waals surface area contributed by atoms with Gasteiger partial charge in [0.15, 0.2) is 6.61 Å². The number of benzene rings is 2. The van der Waals surface area contributed by atoms with Crippen molar-refractivity contribution in [1.82, 2.24) is 4.31 Å². The van der Waals surface area contributed by atoms with Gasteiger partial charge < -0.3 is 10.5 Å². The van der Waals surface area contributed by atoms with E-state index in [1.807, 2.05) is 24.3 Å². The van der Waals surface area contributed by atoms with Crippen molar-refractivity contribution in [3.8, 4) is 5.75 Å². The molecule has 1 aliphatic rings. The van der Waals surface area contributed by atoms with Crippen LogP contribution in [-0.4, -0.2) is 31.8 Å². The van der Waals surface area contributed by atoms with E-state index in [0.29, 0.717) is 19.5 Å². The van der Waals surface area contributed by atoms with E-state index >= 15 is 0 Å². The highest BCUT2D eigenvalue weighted by Crippen LogP contribution is 2.30. The summed E-state index contributed by atoms with van der Waals surface area (Å²) in [6, 6.07) is 12.0. The number of amides is 1. The standard InChI is InChI=1S/C17H17ClN2O4S/c18-15-9-14(5-6-16(15)24-11-17(19)21)25(22,23)20-8-7-12-3-1-2-4-13(12)10-20/h1-6,9H,7-8,10-11H2,(H2,19,21). The van der Waals surface area contributed by atoms with Gasteiger partial charge in [-0.15, -0.1) is 0 Å². The quantitative estimate of drug-likeness (QED) is 0.858. The number of rotatable bonds is 5. The average molecular weight is 381 g/mol. The third-order valence-corrected chi connectivity index (χ3v) is 6.14. The van der Waals surface area contributed by atoms with Crippen molar-refractivity contribution >= 4 is 27.5 Å². The third kappa shape index (κ3) is 3.78. The molecule has 0 saturated heterocycles. The molecule has 0 radical (unpaired) electrons. The van der Waals surface area contributed by atoms with E-state index < -0.39 is 15.9 Å². The van der Waals surface area contributed by atoms with E-state index in [1.165, 1.54) is 28.1 Å². The second-order valence-corrected chi connectivity index (χ2v) is 8.05. The van der Waals surface area contributed by atoms with Gasteiger partial charge in [-0.2, -0.15) is 4.31 Å². The highest BCUT2D eigenvalue weighted by atomic mass is 35.5. The maximum atomic E-state index is 12.9. The fraction of sp³-hybridized carbons (Fsp3) is 0.235. The Morgan fingerprint density at radius 3 is 2.60 bits per heavy atom. The Morgan fingerprint density at radius 1 is 1.20 bits per heavy atom. The Kier molecular flexibility index (Phi) is 4.99. The van der Waals surface area contributed by atoms with Crippen LogP contribution in [0.4, 0.5) is 0 Å². The first kappa shape index (κ1) is 17.7. The lowest BCUT2D eigenvalue weighted by Crippen LogP contribution is -2.35. The van der Waals surface area contributed by atoms with Crippen LogP contribution in [0.25, 0.3) is 0 Å². The fourth-order valence-corrected chi connectivity index (χ4v) is 4.48. The summed E-state index contributed by atoms with van der Waals surface area (Å²) >= 11 is 6.08. The Morgan fingerprint density at radius 2 is 1.92 bits per heavy atom. The van der Waals surface area contributed by atoms with Crippen LogP contribution in [-0.2, 0) is 27.8 Å². The van der Waals surface area contributed by atoms with Gasteiger partial charge in [-0.3, -0.25) is 4.79 Å². The van der Waals surface area contributed by atoms with E-state index in [9.17, 15) is 13.2 Å². The molecular formula is C17H17ClN2O4S. The van der Waals surface area contributed by atoms with Gasteiger partial charge in [0.1, 0.15) is 5.75 Å². The van der Waals surface area contributed by atoms with Crippen LogP contribution in [0.5, 0.6) is 5.75 Å². The Labute approximate surface area is 151 Å². The molecule has 0 bridgehead atoms.